The Balaban J connectivity index is 1.44. The maximum absolute atomic E-state index is 12.7. The molecule has 1 aromatic heterocycles. The number of carbonyl (C=O) groups is 1. The van der Waals surface area contributed by atoms with Crippen molar-refractivity contribution in [2.24, 2.45) is 0 Å². The molecule has 2 N–H and O–H groups in total. The number of nitrogens with one attached hydrogen (secondary N) is 1. The Labute approximate surface area is 193 Å². The van der Waals surface area contributed by atoms with Gasteiger partial charge in [-0.15, -0.1) is 0 Å². The number of anilines is 1. The molecule has 5 heteroatoms. The Morgan fingerprint density at radius 1 is 0.879 bits per heavy atom. The first-order valence-corrected chi connectivity index (χ1v) is 10.7. The first-order valence-electron chi connectivity index (χ1n) is 10.7. The van der Waals surface area contributed by atoms with E-state index < -0.39 is 11.5 Å². The SMILES string of the molecule is CC(O)(Cc1ccccc1)C(=O)Nc1cc(-c2ccc(/C=C/c3ccccc3)cc2)ncn1. The maximum atomic E-state index is 12.7. The highest BCUT2D eigenvalue weighted by atomic mass is 16.3. The van der Waals surface area contributed by atoms with Gasteiger partial charge in [-0.3, -0.25) is 4.79 Å². The van der Waals surface area contributed by atoms with Crippen LogP contribution >= 0.6 is 0 Å². The highest BCUT2D eigenvalue weighted by Crippen LogP contribution is 2.21. The molecule has 0 aliphatic carbocycles. The molecule has 0 bridgehead atoms. The van der Waals surface area contributed by atoms with E-state index in [-0.39, 0.29) is 6.42 Å². The molecule has 0 spiro atoms. The molecule has 0 aliphatic heterocycles. The van der Waals surface area contributed by atoms with E-state index in [1.54, 1.807) is 6.07 Å². The fraction of sp³-hybridized carbons (Fsp3) is 0.107. The number of hydrogen-bond donors (Lipinski definition) is 2. The molecule has 0 aliphatic rings. The predicted molar refractivity (Wildman–Crippen MR) is 132 cm³/mol. The second-order valence-electron chi connectivity index (χ2n) is 8.04. The van der Waals surface area contributed by atoms with Gasteiger partial charge in [0.05, 0.1) is 5.69 Å². The predicted octanol–water partition coefficient (Wildman–Crippen LogP) is 5.25. The monoisotopic (exact) mass is 435 g/mol. The van der Waals surface area contributed by atoms with Crippen LogP contribution in [0.3, 0.4) is 0 Å². The van der Waals surface area contributed by atoms with Crippen LogP contribution in [0, 0.1) is 0 Å². The van der Waals surface area contributed by atoms with Crippen LogP contribution in [0.4, 0.5) is 5.82 Å². The van der Waals surface area contributed by atoms with E-state index in [1.165, 1.54) is 13.3 Å². The van der Waals surface area contributed by atoms with Gasteiger partial charge in [0.15, 0.2) is 0 Å². The maximum Gasteiger partial charge on any atom is 0.257 e. The highest BCUT2D eigenvalue weighted by Gasteiger charge is 2.30. The molecule has 1 amide bonds. The summed E-state index contributed by atoms with van der Waals surface area (Å²) in [4.78, 5) is 21.2. The van der Waals surface area contributed by atoms with Crippen molar-refractivity contribution < 1.29 is 9.90 Å². The summed E-state index contributed by atoms with van der Waals surface area (Å²) in [6, 6.07) is 29.2. The van der Waals surface area contributed by atoms with Crippen molar-refractivity contribution in [2.75, 3.05) is 5.32 Å². The van der Waals surface area contributed by atoms with Crippen molar-refractivity contribution in [1.82, 2.24) is 9.97 Å². The normalized spacial score (nSPS) is 12.9. The zero-order valence-corrected chi connectivity index (χ0v) is 18.3. The fourth-order valence-corrected chi connectivity index (χ4v) is 3.43. The molecule has 164 valence electrons. The van der Waals surface area contributed by atoms with Gasteiger partial charge in [-0.05, 0) is 23.6 Å². The minimum absolute atomic E-state index is 0.204. The van der Waals surface area contributed by atoms with Crippen molar-refractivity contribution in [3.8, 4) is 11.3 Å². The van der Waals surface area contributed by atoms with Crippen LogP contribution in [0.25, 0.3) is 23.4 Å². The van der Waals surface area contributed by atoms with E-state index in [4.69, 9.17) is 0 Å². The Morgan fingerprint density at radius 3 is 2.15 bits per heavy atom. The number of aromatic nitrogens is 2. The second kappa shape index (κ2) is 10.0. The molecule has 4 rings (SSSR count). The van der Waals surface area contributed by atoms with Gasteiger partial charge in [-0.1, -0.05) is 97.1 Å². The van der Waals surface area contributed by atoms with Crippen LogP contribution in [-0.2, 0) is 11.2 Å². The largest absolute Gasteiger partial charge is 0.380 e. The number of carbonyl (C=O) groups excluding carboxylic acids is 1. The van der Waals surface area contributed by atoms with E-state index in [2.05, 4.69) is 39.6 Å². The lowest BCUT2D eigenvalue weighted by Crippen LogP contribution is -2.42. The highest BCUT2D eigenvalue weighted by molar-refractivity contribution is 5.96. The number of nitrogens with zero attached hydrogens (tertiary/aromatic N) is 2. The van der Waals surface area contributed by atoms with E-state index in [9.17, 15) is 9.90 Å². The molecule has 1 unspecified atom stereocenters. The van der Waals surface area contributed by atoms with Crippen LogP contribution in [0.2, 0.25) is 0 Å². The summed E-state index contributed by atoms with van der Waals surface area (Å²) in [5.41, 5.74) is 3.10. The molecule has 5 nitrogen and oxygen atoms in total. The van der Waals surface area contributed by atoms with E-state index in [0.29, 0.717) is 11.5 Å². The minimum Gasteiger partial charge on any atom is -0.380 e. The summed E-state index contributed by atoms with van der Waals surface area (Å²) >= 11 is 0. The third-order valence-electron chi connectivity index (χ3n) is 5.26. The van der Waals surface area contributed by atoms with Gasteiger partial charge in [0.2, 0.25) is 0 Å². The lowest BCUT2D eigenvalue weighted by molar-refractivity contribution is -0.132. The van der Waals surface area contributed by atoms with Crippen LogP contribution in [0.15, 0.2) is 97.3 Å². The number of amides is 1. The van der Waals surface area contributed by atoms with Gasteiger partial charge < -0.3 is 10.4 Å². The zero-order chi connectivity index (χ0) is 23.1. The second-order valence-corrected chi connectivity index (χ2v) is 8.04. The molecular weight excluding hydrogens is 410 g/mol. The number of rotatable bonds is 7. The van der Waals surface area contributed by atoms with Crippen molar-refractivity contribution in [2.45, 2.75) is 18.9 Å². The topological polar surface area (TPSA) is 75.1 Å². The number of aliphatic hydroxyl groups is 1. The quantitative estimate of drug-likeness (QED) is 0.389. The van der Waals surface area contributed by atoms with Crippen LogP contribution in [0.1, 0.15) is 23.6 Å². The van der Waals surface area contributed by atoms with Crippen LogP contribution < -0.4 is 5.32 Å². The third-order valence-corrected chi connectivity index (χ3v) is 5.26. The fourth-order valence-electron chi connectivity index (χ4n) is 3.43. The summed E-state index contributed by atoms with van der Waals surface area (Å²) in [5, 5.41) is 13.4. The number of hydrogen-bond acceptors (Lipinski definition) is 4. The average Bonchev–Trinajstić information content (AvgIpc) is 2.84. The molecule has 0 saturated heterocycles. The van der Waals surface area contributed by atoms with Gasteiger partial charge in [0.1, 0.15) is 17.7 Å². The summed E-state index contributed by atoms with van der Waals surface area (Å²) < 4.78 is 0. The number of benzene rings is 3. The summed E-state index contributed by atoms with van der Waals surface area (Å²) in [5.74, 6) is -0.177. The molecule has 3 aromatic carbocycles. The first kappa shape index (κ1) is 22.1. The summed E-state index contributed by atoms with van der Waals surface area (Å²) in [6.07, 6.45) is 5.73. The Hall–Kier alpha value is -4.09. The molecule has 1 atom stereocenters. The molecule has 0 saturated carbocycles. The van der Waals surface area contributed by atoms with Crippen molar-refractivity contribution >= 4 is 23.9 Å². The van der Waals surface area contributed by atoms with Gasteiger partial charge in [0, 0.05) is 18.1 Å². The van der Waals surface area contributed by atoms with Gasteiger partial charge >= 0.3 is 0 Å². The van der Waals surface area contributed by atoms with Gasteiger partial charge in [-0.2, -0.15) is 0 Å². The lowest BCUT2D eigenvalue weighted by atomic mass is 9.95. The molecule has 1 heterocycles. The van der Waals surface area contributed by atoms with Crippen LogP contribution in [0.5, 0.6) is 0 Å². The Bertz CT molecular complexity index is 1240. The average molecular weight is 436 g/mol. The van der Waals surface area contributed by atoms with Crippen molar-refractivity contribution in [3.63, 3.8) is 0 Å². The third kappa shape index (κ3) is 5.99. The standard InChI is InChI=1S/C28H25N3O2/c1-28(33,19-23-10-6-3-7-11-23)27(32)31-26-18-25(29-20-30-26)24-16-14-22(15-17-24)13-12-21-8-4-2-5-9-21/h2-18,20,33H,19H2,1H3,(H,29,30,31,32)/b13-12+. The van der Waals surface area contributed by atoms with E-state index >= 15 is 0 Å². The minimum atomic E-state index is -1.57. The lowest BCUT2D eigenvalue weighted by Gasteiger charge is -2.22. The van der Waals surface area contributed by atoms with Crippen LogP contribution in [-0.4, -0.2) is 26.6 Å². The summed E-state index contributed by atoms with van der Waals surface area (Å²) in [7, 11) is 0. The summed E-state index contributed by atoms with van der Waals surface area (Å²) in [6.45, 7) is 1.50. The molecule has 33 heavy (non-hydrogen) atoms. The van der Waals surface area contributed by atoms with Gasteiger partial charge in [0.25, 0.3) is 5.91 Å². The molecule has 4 aromatic rings. The Morgan fingerprint density at radius 2 is 1.48 bits per heavy atom. The zero-order valence-electron chi connectivity index (χ0n) is 18.3. The smallest absolute Gasteiger partial charge is 0.257 e. The van der Waals surface area contributed by atoms with Gasteiger partial charge in [-0.25, -0.2) is 9.97 Å². The van der Waals surface area contributed by atoms with E-state index in [0.717, 1.165) is 22.3 Å². The van der Waals surface area contributed by atoms with E-state index in [1.807, 2.05) is 72.8 Å². The molecule has 0 radical (unpaired) electrons. The first-order chi connectivity index (χ1) is 16.0. The van der Waals surface area contributed by atoms with Crippen molar-refractivity contribution in [1.29, 1.82) is 0 Å². The van der Waals surface area contributed by atoms with Crippen molar-refractivity contribution in [3.05, 3.63) is 114 Å². The molecular formula is C28H25N3O2. The Kier molecular flexibility index (Phi) is 6.72. The molecule has 0 fully saturated rings.